The molecule has 5 nitrogen and oxygen atoms in total. The number of nitrogens with one attached hydrogen (secondary N) is 1. The highest BCUT2D eigenvalue weighted by atomic mass is 79.9. The summed E-state index contributed by atoms with van der Waals surface area (Å²) in [6.45, 7) is 0. The minimum atomic E-state index is 0.209. The van der Waals surface area contributed by atoms with Gasteiger partial charge in [-0.2, -0.15) is 10.4 Å². The maximum atomic E-state index is 8.52. The Morgan fingerprint density at radius 3 is 2.94 bits per heavy atom. The largest absolute Gasteiger partial charge is 0.262 e. The molecule has 1 N–H and O–H groups in total. The van der Waals surface area contributed by atoms with Gasteiger partial charge in [-0.15, -0.1) is 0 Å². The summed E-state index contributed by atoms with van der Waals surface area (Å²) in [5.74, 6) is 1.01. The first kappa shape index (κ1) is 11.2. The summed E-state index contributed by atoms with van der Waals surface area (Å²) < 4.78 is 1.67. The van der Waals surface area contributed by atoms with Crippen molar-refractivity contribution in [3.05, 3.63) is 27.0 Å². The number of aromatic amines is 1. The first-order valence-corrected chi connectivity index (χ1v) is 5.89. The lowest BCUT2D eigenvalue weighted by Crippen LogP contribution is -1.88. The molecule has 0 saturated carbocycles. The van der Waals surface area contributed by atoms with Crippen molar-refractivity contribution in [2.75, 3.05) is 0 Å². The van der Waals surface area contributed by atoms with E-state index < -0.39 is 0 Å². The van der Waals surface area contributed by atoms with Gasteiger partial charge in [-0.1, -0.05) is 0 Å². The molecule has 0 aliphatic heterocycles. The minimum absolute atomic E-state index is 0.209. The van der Waals surface area contributed by atoms with Crippen LogP contribution >= 0.6 is 31.9 Å². The Balaban J connectivity index is 2.39. The van der Waals surface area contributed by atoms with Crippen molar-refractivity contribution >= 4 is 31.9 Å². The van der Waals surface area contributed by atoms with Crippen molar-refractivity contribution in [3.63, 3.8) is 0 Å². The lowest BCUT2D eigenvalue weighted by molar-refractivity contribution is 0.995. The van der Waals surface area contributed by atoms with Crippen molar-refractivity contribution in [1.82, 2.24) is 20.2 Å². The number of H-pyrrole nitrogens is 1. The van der Waals surface area contributed by atoms with E-state index >= 15 is 0 Å². The van der Waals surface area contributed by atoms with Crippen LogP contribution < -0.4 is 0 Å². The van der Waals surface area contributed by atoms with Crippen molar-refractivity contribution in [2.45, 2.75) is 6.42 Å². The van der Waals surface area contributed by atoms with E-state index in [1.54, 1.807) is 6.20 Å². The fraction of sp³-hybridized carbons (Fsp3) is 0.111. The van der Waals surface area contributed by atoms with Gasteiger partial charge in [-0.05, 0) is 37.9 Å². The quantitative estimate of drug-likeness (QED) is 0.909. The second-order valence-corrected chi connectivity index (χ2v) is 4.69. The molecule has 2 aromatic heterocycles. The second-order valence-electron chi connectivity index (χ2n) is 2.92. The molecular weight excluding hydrogens is 338 g/mol. The average Bonchev–Trinajstić information content (AvgIpc) is 2.67. The number of pyridine rings is 1. The third-order valence-electron chi connectivity index (χ3n) is 1.80. The van der Waals surface area contributed by atoms with Crippen LogP contribution in [0.15, 0.2) is 21.2 Å². The van der Waals surface area contributed by atoms with Crippen molar-refractivity contribution in [1.29, 1.82) is 5.26 Å². The zero-order chi connectivity index (χ0) is 11.5. The Kier molecular flexibility index (Phi) is 3.31. The van der Waals surface area contributed by atoms with Crippen molar-refractivity contribution < 1.29 is 0 Å². The lowest BCUT2D eigenvalue weighted by atomic mass is 10.3. The number of hydrogen-bond donors (Lipinski definition) is 1. The van der Waals surface area contributed by atoms with Gasteiger partial charge < -0.3 is 0 Å². The van der Waals surface area contributed by atoms with Gasteiger partial charge in [0.15, 0.2) is 0 Å². The molecule has 2 heterocycles. The van der Waals surface area contributed by atoms with E-state index in [4.69, 9.17) is 5.26 Å². The van der Waals surface area contributed by atoms with E-state index in [9.17, 15) is 0 Å². The molecule has 0 fully saturated rings. The number of aromatic nitrogens is 4. The molecule has 0 bridgehead atoms. The van der Waals surface area contributed by atoms with Crippen LogP contribution in [0.2, 0.25) is 0 Å². The van der Waals surface area contributed by atoms with Gasteiger partial charge >= 0.3 is 0 Å². The Morgan fingerprint density at radius 1 is 1.44 bits per heavy atom. The molecule has 2 rings (SSSR count). The maximum Gasteiger partial charge on any atom is 0.200 e. The Morgan fingerprint density at radius 2 is 2.25 bits per heavy atom. The summed E-state index contributed by atoms with van der Waals surface area (Å²) >= 11 is 6.70. The summed E-state index contributed by atoms with van der Waals surface area (Å²) in [4.78, 5) is 8.36. The van der Waals surface area contributed by atoms with Crippen LogP contribution in [0.1, 0.15) is 5.82 Å². The minimum Gasteiger partial charge on any atom is -0.262 e. The van der Waals surface area contributed by atoms with Crippen molar-refractivity contribution in [2.24, 2.45) is 0 Å². The molecule has 0 saturated heterocycles. The standard InChI is InChI=1S/C9H5Br2N5/c10-5-3-6(11)8(13-4-5)9-14-7(1-2-12)15-16-9/h3-4H,1H2,(H,14,15,16). The van der Waals surface area contributed by atoms with Crippen LogP contribution in [-0.2, 0) is 6.42 Å². The first-order chi connectivity index (χ1) is 7.70. The monoisotopic (exact) mass is 341 g/mol. The number of hydrogen-bond acceptors (Lipinski definition) is 4. The molecule has 0 spiro atoms. The second kappa shape index (κ2) is 4.72. The van der Waals surface area contributed by atoms with Crippen LogP contribution in [0.3, 0.4) is 0 Å². The summed E-state index contributed by atoms with van der Waals surface area (Å²) in [6.07, 6.45) is 1.88. The molecule has 0 unspecified atom stereocenters. The number of rotatable bonds is 2. The van der Waals surface area contributed by atoms with E-state index in [1.165, 1.54) is 0 Å². The third-order valence-corrected chi connectivity index (χ3v) is 2.84. The van der Waals surface area contributed by atoms with E-state index in [1.807, 2.05) is 12.1 Å². The molecule has 0 atom stereocenters. The van der Waals surface area contributed by atoms with Gasteiger partial charge in [0.2, 0.25) is 5.82 Å². The van der Waals surface area contributed by atoms with Crippen LogP contribution in [0.25, 0.3) is 11.5 Å². The zero-order valence-corrected chi connectivity index (χ0v) is 11.1. The highest BCUT2D eigenvalue weighted by Gasteiger charge is 2.11. The fourth-order valence-corrected chi connectivity index (χ4v) is 2.30. The summed E-state index contributed by atoms with van der Waals surface area (Å²) in [5.41, 5.74) is 0.642. The van der Waals surface area contributed by atoms with E-state index in [0.29, 0.717) is 17.3 Å². The van der Waals surface area contributed by atoms with Crippen LogP contribution in [0.5, 0.6) is 0 Å². The SMILES string of the molecule is N#CCc1nc(-c2ncc(Br)cc2Br)n[nH]1. The van der Waals surface area contributed by atoms with E-state index in [-0.39, 0.29) is 6.42 Å². The third kappa shape index (κ3) is 2.28. The molecule has 0 aliphatic carbocycles. The molecule has 0 aliphatic rings. The molecule has 16 heavy (non-hydrogen) atoms. The van der Waals surface area contributed by atoms with Gasteiger partial charge in [-0.3, -0.25) is 10.1 Å². The van der Waals surface area contributed by atoms with Crippen LogP contribution in [0.4, 0.5) is 0 Å². The van der Waals surface area contributed by atoms with Gasteiger partial charge in [0, 0.05) is 15.1 Å². The molecule has 80 valence electrons. The van der Waals surface area contributed by atoms with Gasteiger partial charge in [0.1, 0.15) is 11.5 Å². The zero-order valence-electron chi connectivity index (χ0n) is 7.91. The number of halogens is 2. The smallest absolute Gasteiger partial charge is 0.200 e. The normalized spacial score (nSPS) is 10.1. The predicted octanol–water partition coefficient (Wildman–Crippen LogP) is 2.46. The highest BCUT2D eigenvalue weighted by molar-refractivity contribution is 9.11. The molecule has 0 amide bonds. The van der Waals surface area contributed by atoms with Crippen LogP contribution in [0, 0.1) is 11.3 Å². The molecule has 7 heteroatoms. The fourth-order valence-electron chi connectivity index (χ4n) is 1.13. The Labute approximate surface area is 108 Å². The lowest BCUT2D eigenvalue weighted by Gasteiger charge is -1.98. The number of nitrogens with zero attached hydrogens (tertiary/aromatic N) is 4. The molecule has 0 aromatic carbocycles. The van der Waals surface area contributed by atoms with Gasteiger partial charge in [0.05, 0.1) is 12.5 Å². The van der Waals surface area contributed by atoms with E-state index in [0.717, 1.165) is 8.95 Å². The molecular formula is C9H5Br2N5. The Bertz CT molecular complexity index is 557. The van der Waals surface area contributed by atoms with Crippen molar-refractivity contribution in [3.8, 4) is 17.6 Å². The molecule has 0 radical (unpaired) electrons. The number of nitriles is 1. The van der Waals surface area contributed by atoms with Crippen LogP contribution in [-0.4, -0.2) is 20.2 Å². The topological polar surface area (TPSA) is 78.2 Å². The highest BCUT2D eigenvalue weighted by Crippen LogP contribution is 2.25. The molecule has 2 aromatic rings. The average molecular weight is 343 g/mol. The van der Waals surface area contributed by atoms with E-state index in [2.05, 4.69) is 52.0 Å². The first-order valence-electron chi connectivity index (χ1n) is 4.30. The summed E-state index contributed by atoms with van der Waals surface area (Å²) in [6, 6.07) is 3.86. The predicted molar refractivity (Wildman–Crippen MR) is 64.3 cm³/mol. The summed E-state index contributed by atoms with van der Waals surface area (Å²) in [5, 5.41) is 15.2. The van der Waals surface area contributed by atoms with Gasteiger partial charge in [0.25, 0.3) is 0 Å². The van der Waals surface area contributed by atoms with Gasteiger partial charge in [-0.25, -0.2) is 4.98 Å². The maximum absolute atomic E-state index is 8.52. The summed E-state index contributed by atoms with van der Waals surface area (Å²) in [7, 11) is 0. The Hall–Kier alpha value is -1.26.